The monoisotopic (exact) mass is 534 g/mol. The Morgan fingerprint density at radius 2 is 1.97 bits per heavy atom. The molecule has 1 saturated heterocycles. The van der Waals surface area contributed by atoms with Gasteiger partial charge in [0.25, 0.3) is 0 Å². The minimum atomic E-state index is -4.67. The van der Waals surface area contributed by atoms with Crippen molar-refractivity contribution in [1.82, 2.24) is 24.8 Å². The number of carbonyl (C=O) groups is 2. The predicted octanol–water partition coefficient (Wildman–Crippen LogP) is 4.62. The van der Waals surface area contributed by atoms with E-state index in [9.17, 15) is 22.8 Å². The molecule has 2 aliphatic heterocycles. The molecular formula is C25H26ClF3N6O2. The molecule has 0 aliphatic carbocycles. The highest BCUT2D eigenvalue weighted by atomic mass is 35.5. The number of hydrogen-bond acceptors (Lipinski definition) is 5. The Hall–Kier alpha value is -3.34. The lowest BCUT2D eigenvalue weighted by molar-refractivity contribution is -0.190. The minimum absolute atomic E-state index is 0.0371. The van der Waals surface area contributed by atoms with Crippen LogP contribution in [0.4, 0.5) is 24.5 Å². The molecule has 0 spiro atoms. The van der Waals surface area contributed by atoms with E-state index in [2.05, 4.69) is 22.3 Å². The summed E-state index contributed by atoms with van der Waals surface area (Å²) in [5, 5.41) is 7.25. The van der Waals surface area contributed by atoms with Gasteiger partial charge in [-0.1, -0.05) is 30.7 Å². The van der Waals surface area contributed by atoms with Crippen LogP contribution in [0.5, 0.6) is 0 Å². The van der Waals surface area contributed by atoms with E-state index < -0.39 is 24.0 Å². The lowest BCUT2D eigenvalue weighted by atomic mass is 9.95. The topological polar surface area (TPSA) is 82.8 Å². The number of alkyl halides is 3. The number of fused-ring (bicyclic) bond motifs is 3. The molecule has 2 aliphatic rings. The van der Waals surface area contributed by atoms with Crippen LogP contribution >= 0.6 is 11.6 Å². The van der Waals surface area contributed by atoms with Crippen LogP contribution in [0.15, 0.2) is 36.5 Å². The molecule has 2 amide bonds. The molecule has 12 heteroatoms. The number of carbonyl (C=O) groups excluding carboxylic acids is 2. The number of nitrogens with zero attached hydrogens (tertiary/aromatic N) is 5. The van der Waals surface area contributed by atoms with Gasteiger partial charge in [-0.3, -0.25) is 9.59 Å². The van der Waals surface area contributed by atoms with Crippen molar-refractivity contribution in [3.8, 4) is 0 Å². The first-order chi connectivity index (χ1) is 17.5. The van der Waals surface area contributed by atoms with Crippen LogP contribution in [0.25, 0.3) is 5.65 Å². The minimum Gasteiger partial charge on any atom is -0.355 e. The second kappa shape index (κ2) is 9.51. The van der Waals surface area contributed by atoms with Crippen LogP contribution in [-0.2, 0) is 9.59 Å². The Morgan fingerprint density at radius 1 is 1.24 bits per heavy atom. The van der Waals surface area contributed by atoms with Gasteiger partial charge in [-0.05, 0) is 30.5 Å². The van der Waals surface area contributed by atoms with E-state index in [4.69, 9.17) is 11.6 Å². The zero-order chi connectivity index (χ0) is 26.5. The van der Waals surface area contributed by atoms with Gasteiger partial charge in [-0.2, -0.15) is 18.3 Å². The summed E-state index contributed by atoms with van der Waals surface area (Å²) in [5.74, 6) is -1.34. The van der Waals surface area contributed by atoms with Gasteiger partial charge in [0.1, 0.15) is 0 Å². The van der Waals surface area contributed by atoms with Crippen LogP contribution in [0, 0.1) is 5.92 Å². The van der Waals surface area contributed by atoms with Crippen molar-refractivity contribution < 1.29 is 22.8 Å². The molecule has 0 unspecified atom stereocenters. The van der Waals surface area contributed by atoms with E-state index in [-0.39, 0.29) is 36.8 Å². The van der Waals surface area contributed by atoms with Gasteiger partial charge in [0, 0.05) is 44.2 Å². The third-order valence-corrected chi connectivity index (χ3v) is 7.38. The molecule has 3 aromatic rings. The van der Waals surface area contributed by atoms with Crippen LogP contribution in [0.1, 0.15) is 49.4 Å². The van der Waals surface area contributed by atoms with Crippen molar-refractivity contribution in [2.75, 3.05) is 25.0 Å². The summed E-state index contributed by atoms with van der Waals surface area (Å²) in [6, 6.07) is 5.66. The molecule has 0 radical (unpaired) electrons. The molecule has 5 rings (SSSR count). The number of nitrogens with one attached hydrogen (secondary N) is 1. The van der Waals surface area contributed by atoms with Gasteiger partial charge in [-0.15, -0.1) is 0 Å². The first-order valence-electron chi connectivity index (χ1n) is 12.1. The van der Waals surface area contributed by atoms with E-state index in [1.165, 1.54) is 19.2 Å². The molecule has 0 bridgehead atoms. The maximum atomic E-state index is 14.2. The first-order valence-corrected chi connectivity index (χ1v) is 12.4. The normalized spacial score (nSPS) is 20.9. The van der Waals surface area contributed by atoms with E-state index in [0.29, 0.717) is 23.0 Å². The molecule has 1 fully saturated rings. The van der Waals surface area contributed by atoms with Gasteiger partial charge < -0.3 is 15.1 Å². The summed E-state index contributed by atoms with van der Waals surface area (Å²) in [5.41, 5.74) is 3.06. The van der Waals surface area contributed by atoms with Gasteiger partial charge in [0.15, 0.2) is 16.8 Å². The van der Waals surface area contributed by atoms with E-state index in [1.807, 2.05) is 4.90 Å². The summed E-state index contributed by atoms with van der Waals surface area (Å²) in [6.45, 7) is 2.79. The van der Waals surface area contributed by atoms with Crippen molar-refractivity contribution in [3.63, 3.8) is 0 Å². The van der Waals surface area contributed by atoms with Gasteiger partial charge >= 0.3 is 6.18 Å². The number of amides is 2. The fourth-order valence-corrected chi connectivity index (χ4v) is 5.43. The molecule has 3 atom stereocenters. The second-order valence-corrected chi connectivity index (χ2v) is 10.0. The van der Waals surface area contributed by atoms with Crippen LogP contribution in [0.2, 0.25) is 5.15 Å². The van der Waals surface area contributed by atoms with Gasteiger partial charge in [-0.25, -0.2) is 9.50 Å². The largest absolute Gasteiger partial charge is 0.413 e. The van der Waals surface area contributed by atoms with Gasteiger partial charge in [0.05, 0.1) is 23.5 Å². The molecule has 37 heavy (non-hydrogen) atoms. The molecule has 1 aromatic carbocycles. The molecule has 0 saturated carbocycles. The van der Waals surface area contributed by atoms with Crippen LogP contribution in [-0.4, -0.2) is 57.6 Å². The zero-order valence-electron chi connectivity index (χ0n) is 20.3. The number of anilines is 2. The third kappa shape index (κ3) is 4.72. The summed E-state index contributed by atoms with van der Waals surface area (Å²) in [7, 11) is 1.17. The second-order valence-electron chi connectivity index (χ2n) is 9.63. The number of halogens is 4. The highest BCUT2D eigenvalue weighted by Gasteiger charge is 2.46. The Morgan fingerprint density at radius 3 is 2.62 bits per heavy atom. The smallest absolute Gasteiger partial charge is 0.355 e. The first kappa shape index (κ1) is 25.3. The van der Waals surface area contributed by atoms with Crippen molar-refractivity contribution in [2.45, 2.75) is 44.3 Å². The highest BCUT2D eigenvalue weighted by molar-refractivity contribution is 6.29. The molecule has 8 nitrogen and oxygen atoms in total. The zero-order valence-corrected chi connectivity index (χ0v) is 21.1. The number of aromatic nitrogens is 3. The van der Waals surface area contributed by atoms with Crippen LogP contribution in [0.3, 0.4) is 0 Å². The Labute approximate surface area is 216 Å². The molecular weight excluding hydrogens is 509 g/mol. The average molecular weight is 535 g/mol. The van der Waals surface area contributed by atoms with Crippen molar-refractivity contribution in [3.05, 3.63) is 52.9 Å². The fourth-order valence-electron chi connectivity index (χ4n) is 5.26. The Kier molecular flexibility index (Phi) is 6.51. The number of piperidine rings is 1. The standard InChI is InChI=1S/C25H26ClF3N6O2/c1-14-9-10-34(18-13-30-20-11-19(26)32-35(20)22(14)18)17-6-3-15(4-7-17)23(25(27,28)29)33(2)24(37)16-5-8-21(36)31-12-16/h3-4,6-7,11,13-14,16,23H,5,8-10,12H2,1-2H3,(H,31,36)/t14-,16+,23+/m1/s1. The molecule has 1 N–H and O–H groups in total. The number of rotatable bonds is 4. The van der Waals surface area contributed by atoms with Crippen molar-refractivity contribution >= 4 is 40.4 Å². The Bertz CT molecular complexity index is 1330. The summed E-state index contributed by atoms with van der Waals surface area (Å²) >= 11 is 6.09. The van der Waals surface area contributed by atoms with Crippen molar-refractivity contribution in [1.29, 1.82) is 0 Å². The fraction of sp³-hybridized carbons (Fsp3) is 0.440. The average Bonchev–Trinajstić information content (AvgIpc) is 3.24. The molecule has 4 heterocycles. The summed E-state index contributed by atoms with van der Waals surface area (Å²) in [6.07, 6.45) is -1.77. The number of benzene rings is 1. The van der Waals surface area contributed by atoms with E-state index >= 15 is 0 Å². The SMILES string of the molecule is C[C@@H]1CCN(c2ccc([C@H](N(C)C(=O)[C@H]3CCC(=O)NC3)C(F)(F)F)cc2)c2cnc3cc(Cl)nn3c21. The third-order valence-electron chi connectivity index (χ3n) is 7.19. The Balaban J connectivity index is 1.44. The quantitative estimate of drug-likeness (QED) is 0.528. The summed E-state index contributed by atoms with van der Waals surface area (Å²) in [4.78, 5) is 31.5. The van der Waals surface area contributed by atoms with E-state index in [1.54, 1.807) is 28.9 Å². The maximum absolute atomic E-state index is 14.2. The predicted molar refractivity (Wildman–Crippen MR) is 132 cm³/mol. The molecule has 196 valence electrons. The molecule has 2 aromatic heterocycles. The van der Waals surface area contributed by atoms with Crippen molar-refractivity contribution in [2.24, 2.45) is 5.92 Å². The maximum Gasteiger partial charge on any atom is 0.413 e. The van der Waals surface area contributed by atoms with Gasteiger partial charge in [0.2, 0.25) is 11.8 Å². The van der Waals surface area contributed by atoms with Crippen LogP contribution < -0.4 is 10.2 Å². The summed E-state index contributed by atoms with van der Waals surface area (Å²) < 4.78 is 44.3. The number of hydrogen-bond donors (Lipinski definition) is 1. The highest BCUT2D eigenvalue weighted by Crippen LogP contribution is 2.41. The lowest BCUT2D eigenvalue weighted by Gasteiger charge is -2.35. The lowest BCUT2D eigenvalue weighted by Crippen LogP contribution is -2.47. The van der Waals surface area contributed by atoms with E-state index in [0.717, 1.165) is 22.7 Å².